The molecule has 2 heterocycles. The van der Waals surface area contributed by atoms with Crippen molar-refractivity contribution in [2.45, 2.75) is 90.9 Å². The van der Waals surface area contributed by atoms with Crippen molar-refractivity contribution in [3.63, 3.8) is 0 Å². The average Bonchev–Trinajstić information content (AvgIpc) is 2.85. The Morgan fingerprint density at radius 1 is 0.469 bits per heavy atom. The number of nitrogens with zero attached hydrogens (tertiary/aromatic N) is 4. The number of unbranched alkanes of at least 4 members (excludes halogenated alkanes) is 8. The Morgan fingerprint density at radius 2 is 0.812 bits per heavy atom. The predicted molar refractivity (Wildman–Crippen MR) is 133 cm³/mol. The highest BCUT2D eigenvalue weighted by atomic mass is 14.9. The SMILES string of the molecule is CCCCCCCc1cnc(-c2ccc(-c3ncc(CCCCCCC)cn3)cc2)nc1. The normalized spacial score (nSPS) is 11.1. The van der Waals surface area contributed by atoms with E-state index in [4.69, 9.17) is 0 Å². The monoisotopic (exact) mass is 430 g/mol. The zero-order valence-corrected chi connectivity index (χ0v) is 19.9. The summed E-state index contributed by atoms with van der Waals surface area (Å²) in [5.74, 6) is 1.54. The van der Waals surface area contributed by atoms with Crippen LogP contribution < -0.4 is 0 Å². The zero-order valence-electron chi connectivity index (χ0n) is 19.9. The Kier molecular flexibility index (Phi) is 10.3. The largest absolute Gasteiger partial charge is 0.236 e. The van der Waals surface area contributed by atoms with Gasteiger partial charge in [0.1, 0.15) is 0 Å². The van der Waals surface area contributed by atoms with Gasteiger partial charge in [-0.3, -0.25) is 0 Å². The van der Waals surface area contributed by atoms with Crippen LogP contribution in [-0.2, 0) is 12.8 Å². The van der Waals surface area contributed by atoms with Crippen molar-refractivity contribution >= 4 is 0 Å². The van der Waals surface area contributed by atoms with Gasteiger partial charge in [0.2, 0.25) is 0 Å². The topological polar surface area (TPSA) is 51.6 Å². The summed E-state index contributed by atoms with van der Waals surface area (Å²) >= 11 is 0. The third kappa shape index (κ3) is 7.81. The number of aromatic nitrogens is 4. The molecule has 1 aromatic carbocycles. The molecule has 0 radical (unpaired) electrons. The van der Waals surface area contributed by atoms with Crippen molar-refractivity contribution in [1.29, 1.82) is 0 Å². The molecule has 0 spiro atoms. The van der Waals surface area contributed by atoms with Crippen molar-refractivity contribution in [2.24, 2.45) is 0 Å². The zero-order chi connectivity index (χ0) is 22.4. The minimum absolute atomic E-state index is 0.769. The van der Waals surface area contributed by atoms with Gasteiger partial charge in [0.05, 0.1) is 0 Å². The summed E-state index contributed by atoms with van der Waals surface area (Å²) in [5, 5.41) is 0. The first-order chi connectivity index (χ1) is 15.8. The number of rotatable bonds is 14. The van der Waals surface area contributed by atoms with E-state index < -0.39 is 0 Å². The Bertz CT molecular complexity index is 810. The van der Waals surface area contributed by atoms with Crippen molar-refractivity contribution < 1.29 is 0 Å². The van der Waals surface area contributed by atoms with Gasteiger partial charge in [0.25, 0.3) is 0 Å². The van der Waals surface area contributed by atoms with Crippen molar-refractivity contribution in [3.05, 3.63) is 60.2 Å². The standard InChI is InChI=1S/C28H38N4/c1-3-5-7-9-11-13-23-19-29-27(30-20-23)25-15-17-26(18-16-25)28-31-21-24(22-32-28)14-12-10-8-6-4-2/h15-22H,3-14H2,1-2H3. The lowest BCUT2D eigenvalue weighted by atomic mass is 10.1. The van der Waals surface area contributed by atoms with Gasteiger partial charge in [-0.2, -0.15) is 0 Å². The molecule has 0 aliphatic carbocycles. The molecule has 0 bridgehead atoms. The molecule has 32 heavy (non-hydrogen) atoms. The molecule has 4 nitrogen and oxygen atoms in total. The molecule has 0 N–H and O–H groups in total. The second-order valence-electron chi connectivity index (χ2n) is 8.74. The molecule has 2 aromatic heterocycles. The second-order valence-corrected chi connectivity index (χ2v) is 8.74. The highest BCUT2D eigenvalue weighted by Gasteiger charge is 2.06. The fourth-order valence-corrected chi connectivity index (χ4v) is 3.90. The summed E-state index contributed by atoms with van der Waals surface area (Å²) < 4.78 is 0. The summed E-state index contributed by atoms with van der Waals surface area (Å²) in [6, 6.07) is 8.22. The van der Waals surface area contributed by atoms with E-state index >= 15 is 0 Å². The van der Waals surface area contributed by atoms with Crippen LogP contribution in [0, 0.1) is 0 Å². The van der Waals surface area contributed by atoms with Crippen LogP contribution >= 0.6 is 0 Å². The quantitative estimate of drug-likeness (QED) is 0.247. The molecular weight excluding hydrogens is 392 g/mol. The van der Waals surface area contributed by atoms with Crippen molar-refractivity contribution in [3.8, 4) is 22.8 Å². The van der Waals surface area contributed by atoms with Gasteiger partial charge < -0.3 is 0 Å². The van der Waals surface area contributed by atoms with Crippen LogP contribution in [0.5, 0.6) is 0 Å². The first-order valence-electron chi connectivity index (χ1n) is 12.5. The average molecular weight is 431 g/mol. The van der Waals surface area contributed by atoms with Gasteiger partial charge >= 0.3 is 0 Å². The Balaban J connectivity index is 1.51. The van der Waals surface area contributed by atoms with Crippen LogP contribution in [0.15, 0.2) is 49.1 Å². The van der Waals surface area contributed by atoms with Gasteiger partial charge in [-0.25, -0.2) is 19.9 Å². The lowest BCUT2D eigenvalue weighted by Gasteiger charge is -2.06. The fourth-order valence-electron chi connectivity index (χ4n) is 3.90. The lowest BCUT2D eigenvalue weighted by Crippen LogP contribution is -1.95. The predicted octanol–water partition coefficient (Wildman–Crippen LogP) is 7.63. The first-order valence-corrected chi connectivity index (χ1v) is 12.5. The molecule has 0 unspecified atom stereocenters. The molecule has 3 rings (SSSR count). The molecule has 0 aliphatic heterocycles. The smallest absolute Gasteiger partial charge is 0.159 e. The minimum atomic E-state index is 0.769. The molecular formula is C28H38N4. The highest BCUT2D eigenvalue weighted by Crippen LogP contribution is 2.21. The molecule has 4 heteroatoms. The molecule has 0 atom stereocenters. The Hall–Kier alpha value is -2.62. The highest BCUT2D eigenvalue weighted by molar-refractivity contribution is 5.62. The Labute approximate surface area is 194 Å². The third-order valence-electron chi connectivity index (χ3n) is 5.95. The maximum Gasteiger partial charge on any atom is 0.159 e. The fraction of sp³-hybridized carbons (Fsp3) is 0.500. The van der Waals surface area contributed by atoms with E-state index in [1.165, 1.54) is 75.3 Å². The minimum Gasteiger partial charge on any atom is -0.236 e. The maximum atomic E-state index is 4.58. The summed E-state index contributed by atoms with van der Waals surface area (Å²) in [6.45, 7) is 4.50. The van der Waals surface area contributed by atoms with Gasteiger partial charge in [-0.15, -0.1) is 0 Å². The van der Waals surface area contributed by atoms with Gasteiger partial charge in [0, 0.05) is 35.9 Å². The number of hydrogen-bond donors (Lipinski definition) is 0. The van der Waals surface area contributed by atoms with Crippen LogP contribution in [0.3, 0.4) is 0 Å². The van der Waals surface area contributed by atoms with Crippen molar-refractivity contribution in [2.75, 3.05) is 0 Å². The van der Waals surface area contributed by atoms with Crippen molar-refractivity contribution in [1.82, 2.24) is 19.9 Å². The van der Waals surface area contributed by atoms with Crippen LogP contribution in [0.4, 0.5) is 0 Å². The lowest BCUT2D eigenvalue weighted by molar-refractivity contribution is 0.631. The maximum absolute atomic E-state index is 4.58. The first kappa shape index (κ1) is 24.0. The summed E-state index contributed by atoms with van der Waals surface area (Å²) in [6.07, 6.45) is 22.9. The Morgan fingerprint density at radius 3 is 1.16 bits per heavy atom. The molecule has 0 amide bonds. The molecule has 3 aromatic rings. The van der Waals surface area contributed by atoms with Gasteiger partial charge in [-0.1, -0.05) is 89.5 Å². The molecule has 170 valence electrons. The summed E-state index contributed by atoms with van der Waals surface area (Å²) in [4.78, 5) is 18.3. The van der Waals surface area contributed by atoms with E-state index in [2.05, 4.69) is 58.0 Å². The molecule has 0 fully saturated rings. The number of hydrogen-bond acceptors (Lipinski definition) is 4. The van der Waals surface area contributed by atoms with Crippen LogP contribution in [-0.4, -0.2) is 19.9 Å². The van der Waals surface area contributed by atoms with E-state index in [0.717, 1.165) is 35.6 Å². The van der Waals surface area contributed by atoms with E-state index in [0.29, 0.717) is 0 Å². The van der Waals surface area contributed by atoms with Crippen LogP contribution in [0.2, 0.25) is 0 Å². The molecule has 0 aliphatic rings. The van der Waals surface area contributed by atoms with Crippen LogP contribution in [0.1, 0.15) is 89.2 Å². The molecule has 0 saturated heterocycles. The summed E-state index contributed by atoms with van der Waals surface area (Å²) in [5.41, 5.74) is 4.49. The number of benzene rings is 1. The van der Waals surface area contributed by atoms with Crippen LogP contribution in [0.25, 0.3) is 22.8 Å². The second kappa shape index (κ2) is 13.7. The van der Waals surface area contributed by atoms with E-state index in [1.54, 1.807) is 0 Å². The van der Waals surface area contributed by atoms with E-state index in [9.17, 15) is 0 Å². The van der Waals surface area contributed by atoms with E-state index in [-0.39, 0.29) is 0 Å². The third-order valence-corrected chi connectivity index (χ3v) is 5.95. The summed E-state index contributed by atoms with van der Waals surface area (Å²) in [7, 11) is 0. The molecule has 0 saturated carbocycles. The van der Waals surface area contributed by atoms with E-state index in [1.807, 2.05) is 24.8 Å². The van der Waals surface area contributed by atoms with Gasteiger partial charge in [0.15, 0.2) is 11.6 Å². The number of aryl methyl sites for hydroxylation is 2. The van der Waals surface area contributed by atoms with Gasteiger partial charge in [-0.05, 0) is 36.8 Å².